The van der Waals surface area contributed by atoms with Crippen molar-refractivity contribution in [1.29, 1.82) is 0 Å². The van der Waals surface area contributed by atoms with Crippen molar-refractivity contribution in [3.8, 4) is 0 Å². The maximum absolute atomic E-state index is 10.3. The lowest BCUT2D eigenvalue weighted by molar-refractivity contribution is 0.176. The second kappa shape index (κ2) is 6.19. The highest BCUT2D eigenvalue weighted by Crippen LogP contribution is 2.28. The predicted octanol–water partition coefficient (Wildman–Crippen LogP) is 4.73. The Morgan fingerprint density at radius 3 is 2.28 bits per heavy atom. The first-order chi connectivity index (χ1) is 8.66. The first-order valence-corrected chi connectivity index (χ1v) is 7.12. The van der Waals surface area contributed by atoms with E-state index >= 15 is 0 Å². The lowest BCUT2D eigenvalue weighted by Gasteiger charge is -2.17. The average Bonchev–Trinajstić information content (AvgIpc) is 2.40. The van der Waals surface area contributed by atoms with Crippen molar-refractivity contribution in [2.24, 2.45) is 0 Å². The molecule has 0 aliphatic heterocycles. The molecule has 0 amide bonds. The molecule has 0 radical (unpaired) electrons. The summed E-state index contributed by atoms with van der Waals surface area (Å²) in [6.45, 7) is 4.39. The molecule has 1 heteroatoms. The highest BCUT2D eigenvalue weighted by atomic mass is 16.3. The molecule has 0 spiro atoms. The molecule has 0 saturated heterocycles. The Balaban J connectivity index is 1.99. The maximum Gasteiger partial charge on any atom is 0.0827 e. The van der Waals surface area contributed by atoms with E-state index in [2.05, 4.69) is 44.2 Å². The van der Waals surface area contributed by atoms with Crippen LogP contribution in [0.25, 0.3) is 0 Å². The second-order valence-electron chi connectivity index (χ2n) is 5.65. The van der Waals surface area contributed by atoms with Crippen molar-refractivity contribution in [2.45, 2.75) is 58.0 Å². The van der Waals surface area contributed by atoms with E-state index < -0.39 is 0 Å². The smallest absolute Gasteiger partial charge is 0.0827 e. The standard InChI is InChI=1S/C17H24O/c1-13(2)15-8-10-16(11-9-15)17(18)12-14-6-4-3-5-7-14/h6,8-11,13,17-18H,3-5,7,12H2,1-2H3. The minimum atomic E-state index is -0.337. The maximum atomic E-state index is 10.3. The summed E-state index contributed by atoms with van der Waals surface area (Å²) in [4.78, 5) is 0. The van der Waals surface area contributed by atoms with Gasteiger partial charge in [0.1, 0.15) is 0 Å². The number of rotatable bonds is 4. The van der Waals surface area contributed by atoms with Crippen LogP contribution in [0.1, 0.15) is 69.1 Å². The van der Waals surface area contributed by atoms with Crippen LogP contribution in [0.3, 0.4) is 0 Å². The Morgan fingerprint density at radius 2 is 1.72 bits per heavy atom. The van der Waals surface area contributed by atoms with E-state index in [1.54, 1.807) is 0 Å². The highest BCUT2D eigenvalue weighted by Gasteiger charge is 2.12. The molecule has 1 aromatic rings. The summed E-state index contributed by atoms with van der Waals surface area (Å²) in [5.41, 5.74) is 3.82. The number of allylic oxidation sites excluding steroid dienone is 1. The predicted molar refractivity (Wildman–Crippen MR) is 76.7 cm³/mol. The largest absolute Gasteiger partial charge is 0.388 e. The van der Waals surface area contributed by atoms with Crippen LogP contribution in [0, 0.1) is 0 Å². The van der Waals surface area contributed by atoms with Crippen molar-refractivity contribution in [1.82, 2.24) is 0 Å². The van der Waals surface area contributed by atoms with E-state index in [0.29, 0.717) is 5.92 Å². The number of aliphatic hydroxyl groups excluding tert-OH is 1. The highest BCUT2D eigenvalue weighted by molar-refractivity contribution is 5.27. The quantitative estimate of drug-likeness (QED) is 0.759. The van der Waals surface area contributed by atoms with E-state index in [9.17, 15) is 5.11 Å². The third-order valence-corrected chi connectivity index (χ3v) is 3.83. The summed E-state index contributed by atoms with van der Waals surface area (Å²) in [6.07, 6.45) is 7.73. The molecule has 0 saturated carbocycles. The van der Waals surface area contributed by atoms with Crippen LogP contribution in [0.2, 0.25) is 0 Å². The molecular formula is C17H24O. The summed E-state index contributed by atoms with van der Waals surface area (Å²) in [5.74, 6) is 0.553. The molecule has 2 rings (SSSR count). The van der Waals surface area contributed by atoms with E-state index in [4.69, 9.17) is 0 Å². The zero-order valence-corrected chi connectivity index (χ0v) is 11.5. The molecule has 1 atom stereocenters. The molecule has 98 valence electrons. The molecule has 0 heterocycles. The van der Waals surface area contributed by atoms with Gasteiger partial charge in [-0.1, -0.05) is 49.8 Å². The normalized spacial score (nSPS) is 17.7. The van der Waals surface area contributed by atoms with Gasteiger partial charge in [0.2, 0.25) is 0 Å². The van der Waals surface area contributed by atoms with Crippen LogP contribution in [0.4, 0.5) is 0 Å². The van der Waals surface area contributed by atoms with Crippen LogP contribution in [-0.4, -0.2) is 5.11 Å². The fourth-order valence-corrected chi connectivity index (χ4v) is 2.56. The third-order valence-electron chi connectivity index (χ3n) is 3.83. The number of hydrogen-bond acceptors (Lipinski definition) is 1. The fraction of sp³-hybridized carbons (Fsp3) is 0.529. The van der Waals surface area contributed by atoms with Crippen molar-refractivity contribution in [2.75, 3.05) is 0 Å². The lowest BCUT2D eigenvalue weighted by Crippen LogP contribution is -2.02. The fourth-order valence-electron chi connectivity index (χ4n) is 2.56. The molecule has 1 nitrogen and oxygen atoms in total. The Hall–Kier alpha value is -1.08. The van der Waals surface area contributed by atoms with E-state index in [1.165, 1.54) is 36.8 Å². The van der Waals surface area contributed by atoms with Gasteiger partial charge in [-0.25, -0.2) is 0 Å². The lowest BCUT2D eigenvalue weighted by atomic mass is 9.92. The molecule has 0 bridgehead atoms. The SMILES string of the molecule is CC(C)c1ccc(C(O)CC2=CCCCC2)cc1. The van der Waals surface area contributed by atoms with E-state index in [-0.39, 0.29) is 6.10 Å². The van der Waals surface area contributed by atoms with Gasteiger partial charge in [-0.15, -0.1) is 0 Å². The van der Waals surface area contributed by atoms with Crippen molar-refractivity contribution >= 4 is 0 Å². The Labute approximate surface area is 111 Å². The zero-order chi connectivity index (χ0) is 13.0. The van der Waals surface area contributed by atoms with E-state index in [0.717, 1.165) is 12.0 Å². The van der Waals surface area contributed by atoms with Crippen LogP contribution in [0.15, 0.2) is 35.9 Å². The summed E-state index contributed by atoms with van der Waals surface area (Å²) >= 11 is 0. The van der Waals surface area contributed by atoms with Gasteiger partial charge in [0.05, 0.1) is 6.10 Å². The minimum Gasteiger partial charge on any atom is -0.388 e. The van der Waals surface area contributed by atoms with Gasteiger partial charge in [0.25, 0.3) is 0 Å². The van der Waals surface area contributed by atoms with Gasteiger partial charge in [0.15, 0.2) is 0 Å². The zero-order valence-electron chi connectivity index (χ0n) is 11.5. The van der Waals surface area contributed by atoms with Crippen LogP contribution < -0.4 is 0 Å². The van der Waals surface area contributed by atoms with Crippen molar-refractivity contribution in [3.63, 3.8) is 0 Å². The average molecular weight is 244 g/mol. The molecule has 1 N–H and O–H groups in total. The molecule has 0 fully saturated rings. The van der Waals surface area contributed by atoms with Gasteiger partial charge in [-0.3, -0.25) is 0 Å². The van der Waals surface area contributed by atoms with Gasteiger partial charge in [-0.2, -0.15) is 0 Å². The molecule has 1 unspecified atom stereocenters. The Morgan fingerprint density at radius 1 is 1.06 bits per heavy atom. The van der Waals surface area contributed by atoms with Gasteiger partial charge in [0, 0.05) is 0 Å². The van der Waals surface area contributed by atoms with Crippen molar-refractivity contribution in [3.05, 3.63) is 47.0 Å². The number of hydrogen-bond donors (Lipinski definition) is 1. The molecule has 1 aliphatic rings. The third kappa shape index (κ3) is 3.46. The molecular weight excluding hydrogens is 220 g/mol. The molecule has 18 heavy (non-hydrogen) atoms. The molecule has 0 aromatic heterocycles. The van der Waals surface area contributed by atoms with E-state index in [1.807, 2.05) is 0 Å². The van der Waals surface area contributed by atoms with Crippen LogP contribution >= 0.6 is 0 Å². The Bertz CT molecular complexity index is 400. The minimum absolute atomic E-state index is 0.337. The number of aliphatic hydroxyl groups is 1. The van der Waals surface area contributed by atoms with Gasteiger partial charge < -0.3 is 5.11 Å². The topological polar surface area (TPSA) is 20.2 Å². The number of benzene rings is 1. The van der Waals surface area contributed by atoms with Crippen LogP contribution in [0.5, 0.6) is 0 Å². The van der Waals surface area contributed by atoms with Gasteiger partial charge in [-0.05, 0) is 49.1 Å². The second-order valence-corrected chi connectivity index (χ2v) is 5.65. The van der Waals surface area contributed by atoms with Crippen molar-refractivity contribution < 1.29 is 5.11 Å². The molecule has 1 aliphatic carbocycles. The first kappa shape index (κ1) is 13.4. The summed E-state index contributed by atoms with van der Waals surface area (Å²) in [7, 11) is 0. The first-order valence-electron chi connectivity index (χ1n) is 7.12. The van der Waals surface area contributed by atoms with Gasteiger partial charge >= 0.3 is 0 Å². The molecule has 1 aromatic carbocycles. The summed E-state index contributed by atoms with van der Waals surface area (Å²) in [6, 6.07) is 8.42. The Kier molecular flexibility index (Phi) is 4.60. The van der Waals surface area contributed by atoms with Crippen LogP contribution in [-0.2, 0) is 0 Å². The summed E-state index contributed by atoms with van der Waals surface area (Å²) in [5, 5.41) is 10.3. The summed E-state index contributed by atoms with van der Waals surface area (Å²) < 4.78 is 0. The monoisotopic (exact) mass is 244 g/mol.